The van der Waals surface area contributed by atoms with Crippen molar-refractivity contribution in [1.29, 1.82) is 0 Å². The van der Waals surface area contributed by atoms with Gasteiger partial charge in [0.05, 0.1) is 6.10 Å². The van der Waals surface area contributed by atoms with Crippen molar-refractivity contribution in [3.05, 3.63) is 17.0 Å². The SMILES string of the molecule is CCNCCc1ccc(S(=O)(=O)NC2CC(OCC)C2)s1. The van der Waals surface area contributed by atoms with Crippen LogP contribution in [0, 0.1) is 0 Å². The molecule has 1 heterocycles. The largest absolute Gasteiger partial charge is 0.378 e. The van der Waals surface area contributed by atoms with E-state index in [1.807, 2.05) is 13.0 Å². The zero-order valence-electron chi connectivity index (χ0n) is 12.6. The van der Waals surface area contributed by atoms with Crippen LogP contribution in [0.3, 0.4) is 0 Å². The molecule has 0 aliphatic heterocycles. The summed E-state index contributed by atoms with van der Waals surface area (Å²) in [5.41, 5.74) is 0. The molecule has 1 aliphatic carbocycles. The first-order valence-corrected chi connectivity index (χ1v) is 9.78. The number of likely N-dealkylation sites (N-methyl/N-ethyl adjacent to an activating group) is 1. The monoisotopic (exact) mass is 332 g/mol. The van der Waals surface area contributed by atoms with Crippen LogP contribution < -0.4 is 10.0 Å². The summed E-state index contributed by atoms with van der Waals surface area (Å²) in [4.78, 5) is 1.09. The molecule has 0 unspecified atom stereocenters. The maximum Gasteiger partial charge on any atom is 0.250 e. The number of rotatable bonds is 9. The molecule has 7 heteroatoms. The standard InChI is InChI=1S/C14H24N2O3S2/c1-3-15-8-7-13-5-6-14(20-13)21(17,18)16-11-9-12(10-11)19-4-2/h5-6,11-12,15-16H,3-4,7-10H2,1-2H3. The van der Waals surface area contributed by atoms with Gasteiger partial charge in [0.1, 0.15) is 4.21 Å². The average Bonchev–Trinajstić information content (AvgIpc) is 2.86. The van der Waals surface area contributed by atoms with Gasteiger partial charge in [-0.2, -0.15) is 0 Å². The Kier molecular flexibility index (Phi) is 6.19. The molecule has 0 atom stereocenters. The van der Waals surface area contributed by atoms with Crippen LogP contribution >= 0.6 is 11.3 Å². The summed E-state index contributed by atoms with van der Waals surface area (Å²) in [6.07, 6.45) is 2.61. The van der Waals surface area contributed by atoms with Gasteiger partial charge in [-0.05, 0) is 51.4 Å². The molecule has 5 nitrogen and oxygen atoms in total. The molecule has 0 saturated heterocycles. The molecule has 1 aliphatic rings. The van der Waals surface area contributed by atoms with Crippen molar-refractivity contribution < 1.29 is 13.2 Å². The predicted octanol–water partition coefficient (Wildman–Crippen LogP) is 1.75. The van der Waals surface area contributed by atoms with E-state index in [1.54, 1.807) is 6.07 Å². The zero-order chi connectivity index (χ0) is 15.3. The van der Waals surface area contributed by atoms with E-state index in [0.717, 1.165) is 37.2 Å². The average molecular weight is 332 g/mol. The van der Waals surface area contributed by atoms with Gasteiger partial charge in [-0.1, -0.05) is 6.92 Å². The maximum atomic E-state index is 12.3. The first kappa shape index (κ1) is 16.9. The summed E-state index contributed by atoms with van der Waals surface area (Å²) in [6.45, 7) is 6.51. The topological polar surface area (TPSA) is 67.4 Å². The molecular formula is C14H24N2O3S2. The fraction of sp³-hybridized carbons (Fsp3) is 0.714. The Bertz CT molecular complexity index is 536. The zero-order valence-corrected chi connectivity index (χ0v) is 14.2. The van der Waals surface area contributed by atoms with Crippen LogP contribution in [0.25, 0.3) is 0 Å². The maximum absolute atomic E-state index is 12.3. The van der Waals surface area contributed by atoms with Gasteiger partial charge in [-0.3, -0.25) is 0 Å². The van der Waals surface area contributed by atoms with Gasteiger partial charge in [0.25, 0.3) is 0 Å². The molecule has 1 aromatic rings. The third-order valence-corrected chi connectivity index (χ3v) is 6.68. The van der Waals surface area contributed by atoms with Gasteiger partial charge in [0.15, 0.2) is 0 Å². The van der Waals surface area contributed by atoms with E-state index < -0.39 is 10.0 Å². The minimum Gasteiger partial charge on any atom is -0.378 e. The number of sulfonamides is 1. The summed E-state index contributed by atoms with van der Waals surface area (Å²) < 4.78 is 33.2. The minimum absolute atomic E-state index is 0.0128. The Morgan fingerprint density at radius 2 is 2.10 bits per heavy atom. The van der Waals surface area contributed by atoms with Crippen LogP contribution in [0.4, 0.5) is 0 Å². The molecule has 0 bridgehead atoms. The molecule has 1 saturated carbocycles. The van der Waals surface area contributed by atoms with Crippen LogP contribution in [-0.2, 0) is 21.2 Å². The lowest BCUT2D eigenvalue weighted by molar-refractivity contribution is -0.00474. The predicted molar refractivity (Wildman–Crippen MR) is 85.3 cm³/mol. The molecule has 0 aromatic carbocycles. The van der Waals surface area contributed by atoms with E-state index in [-0.39, 0.29) is 12.1 Å². The first-order chi connectivity index (χ1) is 10.0. The van der Waals surface area contributed by atoms with Crippen molar-refractivity contribution >= 4 is 21.4 Å². The van der Waals surface area contributed by atoms with Crippen LogP contribution in [0.2, 0.25) is 0 Å². The number of thiophene rings is 1. The van der Waals surface area contributed by atoms with Gasteiger partial charge >= 0.3 is 0 Å². The summed E-state index contributed by atoms with van der Waals surface area (Å²) in [5.74, 6) is 0. The van der Waals surface area contributed by atoms with Crippen molar-refractivity contribution in [1.82, 2.24) is 10.0 Å². The van der Waals surface area contributed by atoms with Crippen molar-refractivity contribution in [2.45, 2.75) is 49.5 Å². The molecule has 0 radical (unpaired) electrons. The van der Waals surface area contributed by atoms with E-state index in [4.69, 9.17) is 4.74 Å². The highest BCUT2D eigenvalue weighted by molar-refractivity contribution is 7.91. The highest BCUT2D eigenvalue weighted by Gasteiger charge is 2.33. The van der Waals surface area contributed by atoms with Crippen molar-refractivity contribution in [3.8, 4) is 0 Å². The van der Waals surface area contributed by atoms with E-state index in [2.05, 4.69) is 17.0 Å². The van der Waals surface area contributed by atoms with Crippen molar-refractivity contribution in [2.75, 3.05) is 19.7 Å². The number of hydrogen-bond donors (Lipinski definition) is 2. The van der Waals surface area contributed by atoms with Gasteiger partial charge in [-0.25, -0.2) is 13.1 Å². The number of nitrogens with one attached hydrogen (secondary N) is 2. The van der Waals surface area contributed by atoms with Crippen LogP contribution in [0.1, 0.15) is 31.6 Å². The summed E-state index contributed by atoms with van der Waals surface area (Å²) >= 11 is 1.36. The summed E-state index contributed by atoms with van der Waals surface area (Å²) in [5, 5.41) is 3.24. The molecule has 1 fully saturated rings. The highest BCUT2D eigenvalue weighted by atomic mass is 32.2. The lowest BCUT2D eigenvalue weighted by Gasteiger charge is -2.34. The van der Waals surface area contributed by atoms with Crippen molar-refractivity contribution in [3.63, 3.8) is 0 Å². The fourth-order valence-corrected chi connectivity index (χ4v) is 4.97. The Labute approximate surface area is 131 Å². The third kappa shape index (κ3) is 4.75. The molecule has 0 amide bonds. The Morgan fingerprint density at radius 1 is 1.33 bits per heavy atom. The normalized spacial score (nSPS) is 22.2. The first-order valence-electron chi connectivity index (χ1n) is 7.48. The quantitative estimate of drug-likeness (QED) is 0.676. The molecule has 120 valence electrons. The minimum atomic E-state index is -3.38. The number of ether oxygens (including phenoxy) is 1. The lowest BCUT2D eigenvalue weighted by Crippen LogP contribution is -2.47. The van der Waals surface area contributed by atoms with Crippen LogP contribution in [-0.4, -0.2) is 40.3 Å². The molecule has 0 spiro atoms. The van der Waals surface area contributed by atoms with E-state index in [0.29, 0.717) is 10.8 Å². The van der Waals surface area contributed by atoms with Crippen LogP contribution in [0.5, 0.6) is 0 Å². The molecule has 2 rings (SSSR count). The second-order valence-corrected chi connectivity index (χ2v) is 8.30. The fourth-order valence-electron chi connectivity index (χ4n) is 2.34. The second-order valence-electron chi connectivity index (χ2n) is 5.19. The molecule has 1 aromatic heterocycles. The Morgan fingerprint density at radius 3 is 2.76 bits per heavy atom. The summed E-state index contributed by atoms with van der Waals surface area (Å²) in [7, 11) is -3.38. The van der Waals surface area contributed by atoms with Crippen LogP contribution in [0.15, 0.2) is 16.3 Å². The lowest BCUT2D eigenvalue weighted by atomic mass is 9.90. The van der Waals surface area contributed by atoms with Gasteiger partial charge in [0.2, 0.25) is 10.0 Å². The van der Waals surface area contributed by atoms with Crippen molar-refractivity contribution in [2.24, 2.45) is 0 Å². The smallest absolute Gasteiger partial charge is 0.250 e. The van der Waals surface area contributed by atoms with E-state index in [1.165, 1.54) is 11.3 Å². The molecule has 2 N–H and O–H groups in total. The summed E-state index contributed by atoms with van der Waals surface area (Å²) in [6, 6.07) is 3.62. The third-order valence-electron chi connectivity index (χ3n) is 3.52. The Hall–Kier alpha value is -0.470. The molecule has 21 heavy (non-hydrogen) atoms. The van der Waals surface area contributed by atoms with Gasteiger partial charge in [0, 0.05) is 17.5 Å². The second kappa shape index (κ2) is 7.69. The van der Waals surface area contributed by atoms with E-state index in [9.17, 15) is 8.42 Å². The highest BCUT2D eigenvalue weighted by Crippen LogP contribution is 2.27. The Balaban J connectivity index is 1.85. The number of hydrogen-bond acceptors (Lipinski definition) is 5. The van der Waals surface area contributed by atoms with Gasteiger partial charge < -0.3 is 10.1 Å². The van der Waals surface area contributed by atoms with Gasteiger partial charge in [-0.15, -0.1) is 11.3 Å². The van der Waals surface area contributed by atoms with E-state index >= 15 is 0 Å². The molecular weight excluding hydrogens is 308 g/mol.